The van der Waals surface area contributed by atoms with Crippen LogP contribution < -0.4 is 11.1 Å². The van der Waals surface area contributed by atoms with Gasteiger partial charge in [-0.2, -0.15) is 10.2 Å². The molecule has 10 nitrogen and oxygen atoms in total. The van der Waals surface area contributed by atoms with E-state index < -0.39 is 0 Å². The fourth-order valence-corrected chi connectivity index (χ4v) is 6.19. The zero-order valence-electron chi connectivity index (χ0n) is 22.4. The minimum Gasteiger partial charge on any atom is -0.383 e. The highest BCUT2D eigenvalue weighted by atomic mass is 19.1. The summed E-state index contributed by atoms with van der Waals surface area (Å²) in [6.07, 6.45) is 5.83. The molecule has 0 bridgehead atoms. The van der Waals surface area contributed by atoms with E-state index in [9.17, 15) is 4.39 Å². The Morgan fingerprint density at radius 1 is 1.02 bits per heavy atom. The summed E-state index contributed by atoms with van der Waals surface area (Å²) >= 11 is 0. The molecule has 206 valence electrons. The first-order valence-electron chi connectivity index (χ1n) is 13.9. The second-order valence-electron chi connectivity index (χ2n) is 10.8. The SMILES string of the molecule is Cc1ccc(F)c(Nc2n[nH]c3cc(-c4nn(C5CCC(N6CCOCC6)CC5)c5ncnc(N)c45)ccc23)c1. The van der Waals surface area contributed by atoms with Gasteiger partial charge in [-0.1, -0.05) is 12.1 Å². The minimum absolute atomic E-state index is 0.249. The Kier molecular flexibility index (Phi) is 6.32. The van der Waals surface area contributed by atoms with Crippen LogP contribution in [0.1, 0.15) is 37.3 Å². The molecule has 1 aliphatic carbocycles. The number of nitrogens with one attached hydrogen (secondary N) is 2. The summed E-state index contributed by atoms with van der Waals surface area (Å²) in [5.74, 6) is 0.640. The van der Waals surface area contributed by atoms with E-state index in [-0.39, 0.29) is 11.9 Å². The van der Waals surface area contributed by atoms with Gasteiger partial charge in [0.15, 0.2) is 11.5 Å². The van der Waals surface area contributed by atoms with Gasteiger partial charge in [0.25, 0.3) is 0 Å². The van der Waals surface area contributed by atoms with E-state index in [1.165, 1.54) is 12.4 Å². The van der Waals surface area contributed by atoms with E-state index in [1.807, 2.05) is 25.1 Å². The van der Waals surface area contributed by atoms with Crippen molar-refractivity contribution in [2.45, 2.75) is 44.7 Å². The van der Waals surface area contributed by atoms with E-state index in [0.717, 1.165) is 90.7 Å². The van der Waals surface area contributed by atoms with Crippen molar-refractivity contribution in [2.24, 2.45) is 0 Å². The van der Waals surface area contributed by atoms with Gasteiger partial charge in [-0.25, -0.2) is 19.0 Å². The number of ether oxygens (including phenoxy) is 1. The van der Waals surface area contributed by atoms with Crippen LogP contribution in [0.25, 0.3) is 33.2 Å². The fraction of sp³-hybridized carbons (Fsp3) is 0.379. The van der Waals surface area contributed by atoms with Crippen LogP contribution in [0, 0.1) is 12.7 Å². The molecule has 0 radical (unpaired) electrons. The number of morpholine rings is 1. The lowest BCUT2D eigenvalue weighted by Crippen LogP contribution is -2.45. The molecule has 4 N–H and O–H groups in total. The van der Waals surface area contributed by atoms with Gasteiger partial charge in [0, 0.05) is 30.1 Å². The van der Waals surface area contributed by atoms with Crippen molar-refractivity contribution in [2.75, 3.05) is 37.4 Å². The Hall–Kier alpha value is -4.09. The molecule has 40 heavy (non-hydrogen) atoms. The van der Waals surface area contributed by atoms with Gasteiger partial charge in [-0.05, 0) is 62.4 Å². The lowest BCUT2D eigenvalue weighted by molar-refractivity contribution is 0.00520. The number of hydrogen-bond acceptors (Lipinski definition) is 8. The van der Waals surface area contributed by atoms with E-state index in [4.69, 9.17) is 15.6 Å². The number of hydrogen-bond donors (Lipinski definition) is 3. The number of anilines is 3. The Labute approximate surface area is 230 Å². The number of aromatic amines is 1. The number of rotatable bonds is 5. The van der Waals surface area contributed by atoms with Gasteiger partial charge in [-0.3, -0.25) is 10.00 Å². The highest BCUT2D eigenvalue weighted by molar-refractivity contribution is 6.01. The van der Waals surface area contributed by atoms with Gasteiger partial charge in [-0.15, -0.1) is 0 Å². The van der Waals surface area contributed by atoms with Crippen molar-refractivity contribution in [1.82, 2.24) is 34.8 Å². The third kappa shape index (κ3) is 4.44. The Bertz CT molecular complexity index is 1680. The van der Waals surface area contributed by atoms with Crippen LogP contribution in [0.4, 0.5) is 21.7 Å². The van der Waals surface area contributed by atoms with Crippen LogP contribution in [-0.2, 0) is 4.74 Å². The highest BCUT2D eigenvalue weighted by Gasteiger charge is 2.30. The predicted octanol–water partition coefficient (Wildman–Crippen LogP) is 4.96. The van der Waals surface area contributed by atoms with Gasteiger partial charge in [0.2, 0.25) is 0 Å². The highest BCUT2D eigenvalue weighted by Crippen LogP contribution is 2.38. The van der Waals surface area contributed by atoms with E-state index in [2.05, 4.69) is 35.1 Å². The van der Waals surface area contributed by atoms with Crippen molar-refractivity contribution in [1.29, 1.82) is 0 Å². The fourth-order valence-electron chi connectivity index (χ4n) is 6.19. The van der Waals surface area contributed by atoms with Crippen LogP contribution in [0.5, 0.6) is 0 Å². The number of benzene rings is 2. The first kappa shape index (κ1) is 24.9. The number of aromatic nitrogens is 6. The molecular weight excluding hydrogens is 509 g/mol. The molecule has 3 aromatic heterocycles. The molecule has 7 rings (SSSR count). The molecule has 0 amide bonds. The first-order chi connectivity index (χ1) is 19.5. The summed E-state index contributed by atoms with van der Waals surface area (Å²) in [5.41, 5.74) is 10.9. The standard InChI is InChI=1S/C29H32FN9O/c1-17-2-9-22(30)24(14-17)34-28-21-8-3-18(15-23(21)35-36-28)26-25-27(31)32-16-33-29(25)39(37-26)20-6-4-19(5-7-20)38-10-12-40-13-11-38/h2-3,8-9,14-16,19-20H,4-7,10-13H2,1H3,(H2,31,32,33)(H2,34,35,36). The van der Waals surface area contributed by atoms with E-state index >= 15 is 0 Å². The summed E-state index contributed by atoms with van der Waals surface area (Å²) in [5, 5.41) is 17.3. The average Bonchev–Trinajstić information content (AvgIpc) is 3.58. The van der Waals surface area contributed by atoms with Crippen LogP contribution >= 0.6 is 0 Å². The summed E-state index contributed by atoms with van der Waals surface area (Å²) in [7, 11) is 0. The number of nitrogens with zero attached hydrogens (tertiary/aromatic N) is 6. The Balaban J connectivity index is 1.20. The topological polar surface area (TPSA) is 123 Å². The summed E-state index contributed by atoms with van der Waals surface area (Å²) in [6.45, 7) is 5.60. The summed E-state index contributed by atoms with van der Waals surface area (Å²) in [6, 6.07) is 11.7. The lowest BCUT2D eigenvalue weighted by Gasteiger charge is -2.38. The maximum absolute atomic E-state index is 14.4. The first-order valence-corrected chi connectivity index (χ1v) is 13.9. The normalized spacial score (nSPS) is 20.4. The van der Waals surface area contributed by atoms with E-state index in [0.29, 0.717) is 23.4 Å². The molecule has 0 atom stereocenters. The van der Waals surface area contributed by atoms with Crippen molar-refractivity contribution in [3.63, 3.8) is 0 Å². The molecule has 5 aromatic rings. The second kappa shape index (κ2) is 10.1. The smallest absolute Gasteiger partial charge is 0.164 e. The lowest BCUT2D eigenvalue weighted by atomic mass is 9.90. The second-order valence-corrected chi connectivity index (χ2v) is 10.8. The number of halogens is 1. The molecule has 1 saturated carbocycles. The third-order valence-corrected chi connectivity index (χ3v) is 8.30. The van der Waals surface area contributed by atoms with Crippen molar-refractivity contribution in [3.8, 4) is 11.3 Å². The van der Waals surface area contributed by atoms with Crippen molar-refractivity contribution in [3.05, 3.63) is 54.1 Å². The largest absolute Gasteiger partial charge is 0.383 e. The molecular formula is C29H32FN9O. The number of aryl methyl sites for hydroxylation is 1. The van der Waals surface area contributed by atoms with Crippen LogP contribution in [0.2, 0.25) is 0 Å². The zero-order valence-corrected chi connectivity index (χ0v) is 22.4. The van der Waals surface area contributed by atoms with E-state index in [1.54, 1.807) is 12.1 Å². The monoisotopic (exact) mass is 541 g/mol. The zero-order chi connectivity index (χ0) is 27.2. The third-order valence-electron chi connectivity index (χ3n) is 8.30. The molecule has 0 spiro atoms. The molecule has 0 unspecified atom stereocenters. The van der Waals surface area contributed by atoms with Gasteiger partial charge >= 0.3 is 0 Å². The predicted molar refractivity (Wildman–Crippen MR) is 153 cm³/mol. The number of fused-ring (bicyclic) bond motifs is 2. The molecule has 2 fully saturated rings. The van der Waals surface area contributed by atoms with Gasteiger partial charge < -0.3 is 15.8 Å². The molecule has 11 heteroatoms. The van der Waals surface area contributed by atoms with Crippen molar-refractivity contribution >= 4 is 39.3 Å². The summed E-state index contributed by atoms with van der Waals surface area (Å²) in [4.78, 5) is 11.5. The van der Waals surface area contributed by atoms with Gasteiger partial charge in [0.05, 0.1) is 35.8 Å². The molecule has 2 aromatic carbocycles. The number of H-pyrrole nitrogens is 1. The van der Waals surface area contributed by atoms with Gasteiger partial charge in [0.1, 0.15) is 23.7 Å². The molecule has 4 heterocycles. The number of nitrogen functional groups attached to an aromatic ring is 1. The quantitative estimate of drug-likeness (QED) is 0.285. The van der Waals surface area contributed by atoms with Crippen LogP contribution in [0.3, 0.4) is 0 Å². The van der Waals surface area contributed by atoms with Crippen molar-refractivity contribution < 1.29 is 9.13 Å². The molecule has 1 aliphatic heterocycles. The number of nitrogens with two attached hydrogens (primary N) is 1. The van der Waals surface area contributed by atoms with Crippen LogP contribution in [-0.4, -0.2) is 67.2 Å². The Morgan fingerprint density at radius 2 is 1.82 bits per heavy atom. The Morgan fingerprint density at radius 3 is 2.65 bits per heavy atom. The maximum atomic E-state index is 14.4. The maximum Gasteiger partial charge on any atom is 0.164 e. The molecule has 2 aliphatic rings. The minimum atomic E-state index is -0.329. The molecule has 1 saturated heterocycles. The summed E-state index contributed by atoms with van der Waals surface area (Å²) < 4.78 is 22.0. The average molecular weight is 542 g/mol. The van der Waals surface area contributed by atoms with Crippen LogP contribution in [0.15, 0.2) is 42.7 Å².